The average Bonchev–Trinajstić information content (AvgIpc) is 3.45. The maximum absolute atomic E-state index is 12.9. The minimum Gasteiger partial charge on any atom is -0.310 e. The molecule has 4 aromatic rings. The molecule has 0 aliphatic heterocycles. The topological polar surface area (TPSA) is 92.7 Å². The van der Waals surface area contributed by atoms with E-state index in [9.17, 15) is 9.59 Å². The van der Waals surface area contributed by atoms with Gasteiger partial charge in [0.25, 0.3) is 5.56 Å². The molecule has 9 heteroatoms. The van der Waals surface area contributed by atoms with Crippen LogP contribution in [0.4, 0.5) is 5.82 Å². The maximum Gasteiger partial charge on any atom is 0.256 e. The van der Waals surface area contributed by atoms with Crippen molar-refractivity contribution in [2.45, 2.75) is 26.2 Å². The van der Waals surface area contributed by atoms with Gasteiger partial charge in [0.1, 0.15) is 11.5 Å². The van der Waals surface area contributed by atoms with Gasteiger partial charge >= 0.3 is 0 Å². The molecule has 1 aromatic carbocycles. The molecule has 0 radical (unpaired) electrons. The van der Waals surface area contributed by atoms with Crippen LogP contribution in [0.1, 0.15) is 29.7 Å². The van der Waals surface area contributed by atoms with Crippen molar-refractivity contribution in [2.75, 3.05) is 10.6 Å². The van der Waals surface area contributed by atoms with Crippen molar-refractivity contribution in [1.29, 1.82) is 0 Å². The average molecular weight is 512 g/mol. The fourth-order valence-corrected chi connectivity index (χ4v) is 4.27. The van der Waals surface area contributed by atoms with Crippen LogP contribution in [0.25, 0.3) is 16.5 Å². The number of nitrogens with one attached hydrogen (secondary N) is 2. The van der Waals surface area contributed by atoms with Crippen LogP contribution in [-0.2, 0) is 11.2 Å². The molecule has 0 aliphatic carbocycles. The van der Waals surface area contributed by atoms with Gasteiger partial charge in [-0.2, -0.15) is 9.78 Å². The first-order chi connectivity index (χ1) is 15.5. The second-order valence-electron chi connectivity index (χ2n) is 7.26. The fourth-order valence-electron chi connectivity index (χ4n) is 3.31. The van der Waals surface area contributed by atoms with E-state index in [0.29, 0.717) is 35.6 Å². The molecule has 4 rings (SSSR count). The number of carbonyl (C=O) groups is 1. The van der Waals surface area contributed by atoms with Crippen molar-refractivity contribution in [3.05, 3.63) is 81.1 Å². The lowest BCUT2D eigenvalue weighted by Gasteiger charge is -2.10. The van der Waals surface area contributed by atoms with E-state index >= 15 is 0 Å². The summed E-state index contributed by atoms with van der Waals surface area (Å²) in [4.78, 5) is 33.7. The summed E-state index contributed by atoms with van der Waals surface area (Å²) in [6.07, 6.45) is 1.59. The Morgan fingerprint density at radius 2 is 2.03 bits per heavy atom. The molecule has 0 saturated carbocycles. The lowest BCUT2D eigenvalue weighted by molar-refractivity contribution is -0.116. The third-order valence-corrected chi connectivity index (χ3v) is 6.38. The Morgan fingerprint density at radius 1 is 1.22 bits per heavy atom. The molecule has 0 unspecified atom stereocenters. The number of benzene rings is 1. The first kappa shape index (κ1) is 22.2. The van der Waals surface area contributed by atoms with Crippen molar-refractivity contribution in [1.82, 2.24) is 19.7 Å². The number of H-pyrrole nitrogens is 1. The van der Waals surface area contributed by atoms with E-state index in [1.807, 2.05) is 54.8 Å². The standard InChI is InChI=1S/C23H22BrN5O2S/c1-15-17(13-16-7-3-2-4-8-16)22(31)27-23(25-15)29-20(26-21(30)10-5-11-24)14-18(28-29)19-9-6-12-32-19/h2-4,6-9,12,14H,5,10-11,13H2,1H3,(H,26,30)(H,25,27,31). The second-order valence-corrected chi connectivity index (χ2v) is 9.00. The molecule has 0 saturated heterocycles. The van der Waals surface area contributed by atoms with Crippen molar-refractivity contribution < 1.29 is 4.79 Å². The van der Waals surface area contributed by atoms with E-state index in [1.165, 1.54) is 4.68 Å². The number of anilines is 1. The van der Waals surface area contributed by atoms with Crippen LogP contribution in [0.15, 0.2) is 58.7 Å². The first-order valence-electron chi connectivity index (χ1n) is 10.2. The number of aromatic amines is 1. The maximum atomic E-state index is 12.9. The summed E-state index contributed by atoms with van der Waals surface area (Å²) in [7, 11) is 0. The number of carbonyl (C=O) groups excluding carboxylic acids is 1. The van der Waals surface area contributed by atoms with Crippen LogP contribution < -0.4 is 10.9 Å². The Hall–Kier alpha value is -3.04. The highest BCUT2D eigenvalue weighted by molar-refractivity contribution is 9.09. The third-order valence-electron chi connectivity index (χ3n) is 4.92. The molecule has 3 heterocycles. The molecule has 0 spiro atoms. The van der Waals surface area contributed by atoms with Crippen molar-refractivity contribution in [2.24, 2.45) is 0 Å². The number of alkyl halides is 1. The molecule has 164 valence electrons. The number of thiophene rings is 1. The summed E-state index contributed by atoms with van der Waals surface area (Å²) < 4.78 is 1.49. The van der Waals surface area contributed by atoms with Gasteiger partial charge in [-0.25, -0.2) is 4.98 Å². The van der Waals surface area contributed by atoms with Crippen LogP contribution in [0.3, 0.4) is 0 Å². The minimum absolute atomic E-state index is 0.122. The van der Waals surface area contributed by atoms with E-state index in [1.54, 1.807) is 17.4 Å². The van der Waals surface area contributed by atoms with Crippen LogP contribution in [0.2, 0.25) is 0 Å². The number of nitrogens with zero attached hydrogens (tertiary/aromatic N) is 3. The molecule has 0 atom stereocenters. The summed E-state index contributed by atoms with van der Waals surface area (Å²) in [5.41, 5.74) is 2.74. The Kier molecular flexibility index (Phi) is 6.96. The second kappa shape index (κ2) is 10.1. The minimum atomic E-state index is -0.221. The van der Waals surface area contributed by atoms with Crippen LogP contribution in [-0.4, -0.2) is 31.0 Å². The summed E-state index contributed by atoms with van der Waals surface area (Å²) in [6, 6.07) is 15.5. The van der Waals surface area contributed by atoms with Gasteiger partial charge in [0.15, 0.2) is 0 Å². The lowest BCUT2D eigenvalue weighted by Crippen LogP contribution is -2.22. The molecule has 7 nitrogen and oxygen atoms in total. The van der Waals surface area contributed by atoms with Gasteiger partial charge in [0, 0.05) is 29.8 Å². The molecule has 0 fully saturated rings. The van der Waals surface area contributed by atoms with E-state index in [-0.39, 0.29) is 17.4 Å². The smallest absolute Gasteiger partial charge is 0.256 e. The highest BCUT2D eigenvalue weighted by atomic mass is 79.9. The Labute approximate surface area is 197 Å². The van der Waals surface area contributed by atoms with Crippen LogP contribution in [0, 0.1) is 6.92 Å². The molecule has 32 heavy (non-hydrogen) atoms. The van der Waals surface area contributed by atoms with Crippen molar-refractivity contribution in [3.63, 3.8) is 0 Å². The number of hydrogen-bond donors (Lipinski definition) is 2. The van der Waals surface area contributed by atoms with E-state index in [4.69, 9.17) is 0 Å². The summed E-state index contributed by atoms with van der Waals surface area (Å²) in [5.74, 6) is 0.609. The molecule has 2 N–H and O–H groups in total. The zero-order valence-electron chi connectivity index (χ0n) is 17.5. The number of halogens is 1. The monoisotopic (exact) mass is 511 g/mol. The first-order valence-corrected chi connectivity index (χ1v) is 12.2. The lowest BCUT2D eigenvalue weighted by atomic mass is 10.1. The van der Waals surface area contributed by atoms with Crippen LogP contribution in [0.5, 0.6) is 0 Å². The zero-order chi connectivity index (χ0) is 22.5. The van der Waals surface area contributed by atoms with Gasteiger partial charge < -0.3 is 5.32 Å². The van der Waals surface area contributed by atoms with E-state index in [0.717, 1.165) is 22.2 Å². The van der Waals surface area contributed by atoms with Gasteiger partial charge in [-0.1, -0.05) is 52.3 Å². The third kappa shape index (κ3) is 5.05. The van der Waals surface area contributed by atoms with Gasteiger partial charge in [0.2, 0.25) is 11.9 Å². The number of aryl methyl sites for hydroxylation is 1. The SMILES string of the molecule is Cc1nc(-n2nc(-c3cccs3)cc2NC(=O)CCCBr)[nH]c(=O)c1Cc1ccccc1. The zero-order valence-corrected chi connectivity index (χ0v) is 19.9. The van der Waals surface area contributed by atoms with E-state index < -0.39 is 0 Å². The summed E-state index contributed by atoms with van der Waals surface area (Å²) in [5, 5.41) is 10.2. The predicted molar refractivity (Wildman–Crippen MR) is 131 cm³/mol. The largest absolute Gasteiger partial charge is 0.310 e. The predicted octanol–water partition coefficient (Wildman–Crippen LogP) is 4.70. The van der Waals surface area contributed by atoms with Gasteiger partial charge in [-0.05, 0) is 30.4 Å². The highest BCUT2D eigenvalue weighted by Gasteiger charge is 2.18. The molecule has 0 aliphatic rings. The van der Waals surface area contributed by atoms with Crippen molar-refractivity contribution in [3.8, 4) is 16.5 Å². The summed E-state index contributed by atoms with van der Waals surface area (Å²) >= 11 is 4.89. The fraction of sp³-hybridized carbons (Fsp3) is 0.217. The highest BCUT2D eigenvalue weighted by Crippen LogP contribution is 2.27. The number of amides is 1. The number of aromatic nitrogens is 4. The van der Waals surface area contributed by atoms with Gasteiger partial charge in [-0.3, -0.25) is 14.6 Å². The normalized spacial score (nSPS) is 10.9. The Bertz CT molecular complexity index is 1270. The summed E-state index contributed by atoms with van der Waals surface area (Å²) in [6.45, 7) is 1.81. The van der Waals surface area contributed by atoms with E-state index in [2.05, 4.69) is 36.3 Å². The van der Waals surface area contributed by atoms with Crippen LogP contribution >= 0.6 is 27.3 Å². The van der Waals surface area contributed by atoms with Gasteiger partial charge in [-0.15, -0.1) is 11.3 Å². The Morgan fingerprint density at radius 3 is 2.72 bits per heavy atom. The quantitative estimate of drug-likeness (QED) is 0.335. The van der Waals surface area contributed by atoms with Gasteiger partial charge in [0.05, 0.1) is 10.6 Å². The molecular formula is C23H22BrN5O2S. The molecule has 0 bridgehead atoms. The number of hydrogen-bond acceptors (Lipinski definition) is 5. The van der Waals surface area contributed by atoms with Crippen molar-refractivity contribution >= 4 is 39.0 Å². The molecule has 3 aromatic heterocycles. The number of rotatable bonds is 8. The molecule has 1 amide bonds. The Balaban J connectivity index is 1.71. The molecular weight excluding hydrogens is 490 g/mol.